The summed E-state index contributed by atoms with van der Waals surface area (Å²) in [5.74, 6) is 0.0200. The number of allylic oxidation sites excluding steroid dienone is 2. The molecule has 0 radical (unpaired) electrons. The van der Waals surface area contributed by atoms with Gasteiger partial charge in [-0.1, -0.05) is 42.0 Å². The van der Waals surface area contributed by atoms with Crippen LogP contribution in [0.15, 0.2) is 63.3 Å². The SMILES string of the molecule is CC(C)=CCc1c(-c2ccccc2)oc2cc(O)cc(O)c2c1=O. The molecular weight excluding hydrogens is 304 g/mol. The van der Waals surface area contributed by atoms with Crippen molar-refractivity contribution in [2.24, 2.45) is 0 Å². The summed E-state index contributed by atoms with van der Waals surface area (Å²) >= 11 is 0. The number of benzene rings is 2. The topological polar surface area (TPSA) is 70.7 Å². The molecule has 0 aliphatic heterocycles. The van der Waals surface area contributed by atoms with Gasteiger partial charge >= 0.3 is 0 Å². The Labute approximate surface area is 139 Å². The van der Waals surface area contributed by atoms with E-state index in [2.05, 4.69) is 0 Å². The minimum absolute atomic E-state index is 0.0876. The molecule has 0 amide bonds. The molecule has 122 valence electrons. The van der Waals surface area contributed by atoms with Gasteiger partial charge in [-0.3, -0.25) is 4.79 Å². The second kappa shape index (κ2) is 6.24. The monoisotopic (exact) mass is 322 g/mol. The van der Waals surface area contributed by atoms with E-state index in [0.29, 0.717) is 17.7 Å². The maximum Gasteiger partial charge on any atom is 0.200 e. The van der Waals surface area contributed by atoms with E-state index in [0.717, 1.165) is 17.2 Å². The molecule has 1 aromatic heterocycles. The number of fused-ring (bicyclic) bond motifs is 1. The first-order chi connectivity index (χ1) is 11.5. The van der Waals surface area contributed by atoms with E-state index >= 15 is 0 Å². The molecule has 0 bridgehead atoms. The fourth-order valence-electron chi connectivity index (χ4n) is 2.64. The lowest BCUT2D eigenvalue weighted by molar-refractivity contribution is 0.452. The van der Waals surface area contributed by atoms with Gasteiger partial charge in [0.2, 0.25) is 5.43 Å². The van der Waals surface area contributed by atoms with Gasteiger partial charge in [-0.15, -0.1) is 0 Å². The highest BCUT2D eigenvalue weighted by molar-refractivity contribution is 5.87. The third-order valence-corrected chi connectivity index (χ3v) is 3.80. The summed E-state index contributed by atoms with van der Waals surface area (Å²) in [6.07, 6.45) is 2.35. The molecular formula is C20H18O4. The molecule has 0 saturated heterocycles. The maximum absolute atomic E-state index is 12.9. The van der Waals surface area contributed by atoms with Gasteiger partial charge in [0, 0.05) is 23.3 Å². The molecule has 0 fully saturated rings. The summed E-state index contributed by atoms with van der Waals surface area (Å²) in [5.41, 5.74) is 2.22. The quantitative estimate of drug-likeness (QED) is 0.702. The average molecular weight is 322 g/mol. The van der Waals surface area contributed by atoms with E-state index < -0.39 is 0 Å². The lowest BCUT2D eigenvalue weighted by Crippen LogP contribution is -2.11. The number of phenolic OH excluding ortho intramolecular Hbond substituents is 2. The molecule has 3 rings (SSSR count). The number of aromatic hydroxyl groups is 2. The van der Waals surface area contributed by atoms with Gasteiger partial charge in [-0.25, -0.2) is 0 Å². The van der Waals surface area contributed by atoms with Crippen molar-refractivity contribution in [3.05, 3.63) is 69.9 Å². The van der Waals surface area contributed by atoms with Gasteiger partial charge in [-0.05, 0) is 20.3 Å². The first-order valence-electron chi connectivity index (χ1n) is 7.68. The molecule has 0 aliphatic carbocycles. The average Bonchev–Trinajstić information content (AvgIpc) is 2.53. The molecule has 0 spiro atoms. The van der Waals surface area contributed by atoms with E-state index in [1.807, 2.05) is 50.3 Å². The van der Waals surface area contributed by atoms with Crippen LogP contribution in [0.5, 0.6) is 11.5 Å². The zero-order valence-electron chi connectivity index (χ0n) is 13.5. The van der Waals surface area contributed by atoms with Crippen molar-refractivity contribution in [2.45, 2.75) is 20.3 Å². The number of rotatable bonds is 3. The fraction of sp³-hybridized carbons (Fsp3) is 0.150. The molecule has 4 nitrogen and oxygen atoms in total. The van der Waals surface area contributed by atoms with E-state index in [1.54, 1.807) is 0 Å². The molecule has 24 heavy (non-hydrogen) atoms. The van der Waals surface area contributed by atoms with Gasteiger partial charge < -0.3 is 14.6 Å². The van der Waals surface area contributed by atoms with Crippen molar-refractivity contribution in [1.82, 2.24) is 0 Å². The highest BCUT2D eigenvalue weighted by atomic mass is 16.3. The van der Waals surface area contributed by atoms with E-state index in [9.17, 15) is 15.0 Å². The molecule has 0 saturated carbocycles. The highest BCUT2D eigenvalue weighted by Gasteiger charge is 2.18. The molecule has 3 aromatic rings. The lowest BCUT2D eigenvalue weighted by Gasteiger charge is -2.10. The summed E-state index contributed by atoms with van der Waals surface area (Å²) in [7, 11) is 0. The van der Waals surface area contributed by atoms with Crippen LogP contribution in [0.4, 0.5) is 0 Å². The van der Waals surface area contributed by atoms with Gasteiger partial charge in [0.25, 0.3) is 0 Å². The minimum atomic E-state index is -0.287. The second-order valence-electron chi connectivity index (χ2n) is 5.93. The Morgan fingerprint density at radius 2 is 1.83 bits per heavy atom. The van der Waals surface area contributed by atoms with Gasteiger partial charge in [-0.2, -0.15) is 0 Å². The molecule has 0 atom stereocenters. The zero-order chi connectivity index (χ0) is 17.3. The van der Waals surface area contributed by atoms with Gasteiger partial charge in [0.15, 0.2) is 0 Å². The lowest BCUT2D eigenvalue weighted by atomic mass is 10.0. The summed E-state index contributed by atoms with van der Waals surface area (Å²) in [6.45, 7) is 3.92. The predicted octanol–water partition coefficient (Wildman–Crippen LogP) is 4.38. The molecule has 2 N–H and O–H groups in total. The number of hydrogen-bond donors (Lipinski definition) is 2. The van der Waals surface area contributed by atoms with Crippen LogP contribution in [-0.2, 0) is 6.42 Å². The van der Waals surface area contributed by atoms with Crippen molar-refractivity contribution in [3.63, 3.8) is 0 Å². The van der Waals surface area contributed by atoms with Crippen LogP contribution in [0.25, 0.3) is 22.3 Å². The van der Waals surface area contributed by atoms with Crippen LogP contribution in [-0.4, -0.2) is 10.2 Å². The van der Waals surface area contributed by atoms with Gasteiger partial charge in [0.05, 0.1) is 0 Å². The molecule has 4 heteroatoms. The smallest absolute Gasteiger partial charge is 0.200 e. The van der Waals surface area contributed by atoms with E-state index in [1.165, 1.54) is 6.07 Å². The standard InChI is InChI=1S/C20H18O4/c1-12(2)8-9-15-19(23)18-16(22)10-14(21)11-17(18)24-20(15)13-6-4-3-5-7-13/h3-8,10-11,21-22H,9H2,1-2H3. The van der Waals surface area contributed by atoms with Crippen molar-refractivity contribution in [1.29, 1.82) is 0 Å². The van der Waals surface area contributed by atoms with E-state index in [4.69, 9.17) is 4.42 Å². The Morgan fingerprint density at radius 1 is 1.12 bits per heavy atom. The third kappa shape index (κ3) is 2.91. The van der Waals surface area contributed by atoms with Crippen LogP contribution in [0.1, 0.15) is 19.4 Å². The van der Waals surface area contributed by atoms with Crippen LogP contribution in [0, 0.1) is 0 Å². The summed E-state index contributed by atoms with van der Waals surface area (Å²) in [6, 6.07) is 11.8. The first-order valence-corrected chi connectivity index (χ1v) is 7.68. The maximum atomic E-state index is 12.9. The first kappa shape index (κ1) is 15.9. The van der Waals surface area contributed by atoms with Crippen molar-refractivity contribution in [2.75, 3.05) is 0 Å². The van der Waals surface area contributed by atoms with E-state index in [-0.39, 0.29) is 27.9 Å². The minimum Gasteiger partial charge on any atom is -0.508 e. The Morgan fingerprint density at radius 3 is 2.50 bits per heavy atom. The molecule has 2 aromatic carbocycles. The Hall–Kier alpha value is -3.01. The Balaban J connectivity index is 2.38. The fourth-order valence-corrected chi connectivity index (χ4v) is 2.64. The Bertz CT molecular complexity index is 978. The zero-order valence-corrected chi connectivity index (χ0v) is 13.5. The third-order valence-electron chi connectivity index (χ3n) is 3.80. The summed E-state index contributed by atoms with van der Waals surface area (Å²) < 4.78 is 5.90. The van der Waals surface area contributed by atoms with Crippen LogP contribution in [0.3, 0.4) is 0 Å². The summed E-state index contributed by atoms with van der Waals surface area (Å²) in [4.78, 5) is 12.9. The second-order valence-corrected chi connectivity index (χ2v) is 5.93. The van der Waals surface area contributed by atoms with Crippen molar-refractivity contribution >= 4 is 11.0 Å². The highest BCUT2D eigenvalue weighted by Crippen LogP contribution is 2.32. The normalized spacial score (nSPS) is 10.8. The largest absolute Gasteiger partial charge is 0.508 e. The Kier molecular flexibility index (Phi) is 4.13. The van der Waals surface area contributed by atoms with Crippen molar-refractivity contribution in [3.8, 4) is 22.8 Å². The number of hydrogen-bond acceptors (Lipinski definition) is 4. The van der Waals surface area contributed by atoms with Crippen molar-refractivity contribution < 1.29 is 14.6 Å². The van der Waals surface area contributed by atoms with Gasteiger partial charge in [0.1, 0.15) is 28.2 Å². The van der Waals surface area contributed by atoms with Crippen LogP contribution < -0.4 is 5.43 Å². The predicted molar refractivity (Wildman–Crippen MR) is 94.4 cm³/mol. The molecule has 1 heterocycles. The molecule has 0 aliphatic rings. The molecule has 0 unspecified atom stereocenters. The summed E-state index contributed by atoms with van der Waals surface area (Å²) in [5, 5.41) is 19.8. The van der Waals surface area contributed by atoms with Crippen LogP contribution in [0.2, 0.25) is 0 Å². The number of phenols is 2. The van der Waals surface area contributed by atoms with Crippen LogP contribution >= 0.6 is 0 Å².